The van der Waals surface area contributed by atoms with Gasteiger partial charge in [-0.1, -0.05) is 32.8 Å². The van der Waals surface area contributed by atoms with Crippen LogP contribution < -0.4 is 0 Å². The molecule has 21 heavy (non-hydrogen) atoms. The molecule has 0 bridgehead atoms. The van der Waals surface area contributed by atoms with Crippen LogP contribution in [0.15, 0.2) is 30.6 Å². The Morgan fingerprint density at radius 1 is 1.19 bits per heavy atom. The van der Waals surface area contributed by atoms with Crippen molar-refractivity contribution in [2.24, 2.45) is 0 Å². The zero-order valence-electron chi connectivity index (χ0n) is 13.1. The zero-order valence-corrected chi connectivity index (χ0v) is 13.1. The second-order valence-electron chi connectivity index (χ2n) is 5.46. The van der Waals surface area contributed by atoms with Crippen LogP contribution in [0, 0.1) is 0 Å². The van der Waals surface area contributed by atoms with E-state index < -0.39 is 0 Å². The number of nitrogens with zero attached hydrogens (tertiary/aromatic N) is 3. The maximum absolute atomic E-state index is 12.5. The Kier molecular flexibility index (Phi) is 5.78. The minimum Gasteiger partial charge on any atom is -0.342 e. The zero-order chi connectivity index (χ0) is 15.1. The molecule has 0 fully saturated rings. The summed E-state index contributed by atoms with van der Waals surface area (Å²) in [5.74, 6) is 0.195. The summed E-state index contributed by atoms with van der Waals surface area (Å²) in [4.78, 5) is 19.0. The van der Waals surface area contributed by atoms with Gasteiger partial charge in [0, 0.05) is 25.5 Å². The fraction of sp³-hybridized carbons (Fsp3) is 0.529. The maximum atomic E-state index is 12.5. The van der Waals surface area contributed by atoms with Gasteiger partial charge in [0.15, 0.2) is 0 Å². The van der Waals surface area contributed by atoms with E-state index >= 15 is 0 Å². The van der Waals surface area contributed by atoms with E-state index in [-0.39, 0.29) is 5.91 Å². The smallest absolute Gasteiger partial charge is 0.228 e. The normalized spacial score (nSPS) is 11.0. The van der Waals surface area contributed by atoms with Crippen LogP contribution in [0.25, 0.3) is 5.65 Å². The number of carbonyl (C=O) groups is 1. The number of pyridine rings is 1. The number of amides is 1. The molecule has 4 nitrogen and oxygen atoms in total. The number of hydrogen-bond acceptors (Lipinski definition) is 2. The van der Waals surface area contributed by atoms with Crippen LogP contribution in [-0.2, 0) is 11.2 Å². The highest BCUT2D eigenvalue weighted by Crippen LogP contribution is 2.08. The molecule has 0 N–H and O–H groups in total. The van der Waals surface area contributed by atoms with Crippen molar-refractivity contribution in [2.75, 3.05) is 13.1 Å². The molecule has 0 spiro atoms. The molecule has 2 aromatic heterocycles. The van der Waals surface area contributed by atoms with Crippen molar-refractivity contribution in [3.63, 3.8) is 0 Å². The monoisotopic (exact) mass is 287 g/mol. The highest BCUT2D eigenvalue weighted by atomic mass is 16.2. The van der Waals surface area contributed by atoms with E-state index in [2.05, 4.69) is 18.8 Å². The van der Waals surface area contributed by atoms with E-state index in [1.807, 2.05) is 39.9 Å². The minimum absolute atomic E-state index is 0.195. The van der Waals surface area contributed by atoms with E-state index in [1.54, 1.807) is 0 Å². The molecule has 0 radical (unpaired) electrons. The van der Waals surface area contributed by atoms with Gasteiger partial charge in [0.2, 0.25) is 5.91 Å². The largest absolute Gasteiger partial charge is 0.342 e. The summed E-state index contributed by atoms with van der Waals surface area (Å²) in [6.07, 6.45) is 8.68. The fourth-order valence-corrected chi connectivity index (χ4v) is 2.40. The lowest BCUT2D eigenvalue weighted by Crippen LogP contribution is -2.34. The van der Waals surface area contributed by atoms with Gasteiger partial charge >= 0.3 is 0 Å². The number of aromatic nitrogens is 2. The highest BCUT2D eigenvalue weighted by Gasteiger charge is 2.14. The Labute approximate surface area is 126 Å². The first-order valence-electron chi connectivity index (χ1n) is 7.95. The molecular formula is C17H25N3O. The molecule has 114 valence electrons. The minimum atomic E-state index is 0.195. The molecule has 2 heterocycles. The third-order valence-electron chi connectivity index (χ3n) is 3.66. The molecular weight excluding hydrogens is 262 g/mol. The van der Waals surface area contributed by atoms with Crippen molar-refractivity contribution in [3.8, 4) is 0 Å². The third-order valence-corrected chi connectivity index (χ3v) is 3.66. The predicted molar refractivity (Wildman–Crippen MR) is 85.3 cm³/mol. The van der Waals surface area contributed by atoms with E-state index in [4.69, 9.17) is 0 Å². The van der Waals surface area contributed by atoms with Gasteiger partial charge in [-0.25, -0.2) is 4.98 Å². The van der Waals surface area contributed by atoms with Gasteiger partial charge in [0.05, 0.1) is 12.1 Å². The topological polar surface area (TPSA) is 37.6 Å². The van der Waals surface area contributed by atoms with E-state index in [1.165, 1.54) is 0 Å². The van der Waals surface area contributed by atoms with Crippen LogP contribution in [0.5, 0.6) is 0 Å². The number of unbranched alkanes of at least 4 members (excludes halogenated alkanes) is 2. The first-order valence-corrected chi connectivity index (χ1v) is 7.95. The Morgan fingerprint density at radius 2 is 1.90 bits per heavy atom. The van der Waals surface area contributed by atoms with E-state index in [0.29, 0.717) is 6.42 Å². The average Bonchev–Trinajstić information content (AvgIpc) is 2.89. The number of hydrogen-bond donors (Lipinski definition) is 0. The van der Waals surface area contributed by atoms with Crippen molar-refractivity contribution in [2.45, 2.75) is 46.0 Å². The van der Waals surface area contributed by atoms with Crippen LogP contribution in [0.2, 0.25) is 0 Å². The second kappa shape index (κ2) is 7.81. The molecule has 0 aromatic carbocycles. The van der Waals surface area contributed by atoms with Gasteiger partial charge in [-0.2, -0.15) is 0 Å². The molecule has 0 aliphatic rings. The van der Waals surface area contributed by atoms with Crippen LogP contribution >= 0.6 is 0 Å². The maximum Gasteiger partial charge on any atom is 0.228 e. The average molecular weight is 287 g/mol. The van der Waals surface area contributed by atoms with Gasteiger partial charge in [-0.3, -0.25) is 4.79 Å². The molecule has 0 atom stereocenters. The quantitative estimate of drug-likeness (QED) is 0.747. The molecule has 2 aromatic rings. The Morgan fingerprint density at radius 3 is 2.52 bits per heavy atom. The summed E-state index contributed by atoms with van der Waals surface area (Å²) < 4.78 is 1.96. The molecule has 0 saturated heterocycles. The van der Waals surface area contributed by atoms with E-state index in [9.17, 15) is 4.79 Å². The number of fused-ring (bicyclic) bond motifs is 1. The lowest BCUT2D eigenvalue weighted by molar-refractivity contribution is -0.130. The molecule has 2 rings (SSSR count). The molecule has 4 heteroatoms. The fourth-order valence-electron chi connectivity index (χ4n) is 2.40. The third kappa shape index (κ3) is 4.31. The molecule has 0 saturated carbocycles. The van der Waals surface area contributed by atoms with Crippen molar-refractivity contribution >= 4 is 11.6 Å². The van der Waals surface area contributed by atoms with Crippen LogP contribution in [0.4, 0.5) is 0 Å². The lowest BCUT2D eigenvalue weighted by atomic mass is 10.2. The predicted octanol–water partition coefficient (Wildman–Crippen LogP) is 3.31. The summed E-state index contributed by atoms with van der Waals surface area (Å²) >= 11 is 0. The highest BCUT2D eigenvalue weighted by molar-refractivity contribution is 5.78. The first-order chi connectivity index (χ1) is 10.2. The summed E-state index contributed by atoms with van der Waals surface area (Å²) in [6.45, 7) is 6.04. The summed E-state index contributed by atoms with van der Waals surface area (Å²) in [7, 11) is 0. The summed E-state index contributed by atoms with van der Waals surface area (Å²) in [5, 5.41) is 0. The SMILES string of the molecule is CCCCN(CCCC)C(=O)Cc1cn2ccccc2n1. The van der Waals surface area contributed by atoms with Gasteiger partial charge in [-0.15, -0.1) is 0 Å². The Hall–Kier alpha value is -1.84. The molecule has 0 unspecified atom stereocenters. The Bertz CT molecular complexity index is 535. The summed E-state index contributed by atoms with van der Waals surface area (Å²) in [5.41, 5.74) is 1.75. The van der Waals surface area contributed by atoms with Gasteiger partial charge < -0.3 is 9.30 Å². The number of carbonyl (C=O) groups excluding carboxylic acids is 1. The van der Waals surface area contributed by atoms with Gasteiger partial charge in [0.25, 0.3) is 0 Å². The standard InChI is InChI=1S/C17H25N3O/c1-3-5-10-19(11-6-4-2)17(21)13-15-14-20-12-8-7-9-16(20)18-15/h7-9,12,14H,3-6,10-11,13H2,1-2H3. The van der Waals surface area contributed by atoms with Crippen LogP contribution in [0.1, 0.15) is 45.2 Å². The second-order valence-corrected chi connectivity index (χ2v) is 5.46. The van der Waals surface area contributed by atoms with Crippen molar-refractivity contribution in [1.82, 2.24) is 14.3 Å². The Balaban J connectivity index is 2.02. The first kappa shape index (κ1) is 15.5. The van der Waals surface area contributed by atoms with Crippen molar-refractivity contribution in [1.29, 1.82) is 0 Å². The van der Waals surface area contributed by atoms with Crippen molar-refractivity contribution < 1.29 is 4.79 Å². The van der Waals surface area contributed by atoms with E-state index in [0.717, 1.165) is 50.1 Å². The molecule has 0 aliphatic heterocycles. The number of rotatable bonds is 8. The molecule has 0 aliphatic carbocycles. The molecule has 1 amide bonds. The van der Waals surface area contributed by atoms with Crippen LogP contribution in [-0.4, -0.2) is 33.3 Å². The summed E-state index contributed by atoms with van der Waals surface area (Å²) in [6, 6.07) is 5.89. The van der Waals surface area contributed by atoms with Gasteiger partial charge in [-0.05, 0) is 25.0 Å². The number of imidazole rings is 1. The van der Waals surface area contributed by atoms with Crippen LogP contribution in [0.3, 0.4) is 0 Å². The van der Waals surface area contributed by atoms with Crippen molar-refractivity contribution in [3.05, 3.63) is 36.3 Å². The van der Waals surface area contributed by atoms with Gasteiger partial charge in [0.1, 0.15) is 5.65 Å². The lowest BCUT2D eigenvalue weighted by Gasteiger charge is -2.22.